The van der Waals surface area contributed by atoms with Gasteiger partial charge in [0.05, 0.1) is 0 Å². The van der Waals surface area contributed by atoms with Crippen LogP contribution in [0.15, 0.2) is 0 Å². The first-order valence-corrected chi connectivity index (χ1v) is 6.23. The summed E-state index contributed by atoms with van der Waals surface area (Å²) in [6.45, 7) is 9.60. The Labute approximate surface area is 92.4 Å². The number of nitrogens with zero attached hydrogens (tertiary/aromatic N) is 2. The number of rotatable bonds is 3. The van der Waals surface area contributed by atoms with Crippen molar-refractivity contribution in [1.29, 1.82) is 0 Å². The van der Waals surface area contributed by atoms with Crippen molar-refractivity contribution in [1.82, 2.24) is 9.80 Å². The molecule has 0 radical (unpaired) electrons. The SMILES string of the molecule is CCCN1CCN(C(=O)C2CC2C)CC1. The van der Waals surface area contributed by atoms with Crippen LogP contribution < -0.4 is 0 Å². The fourth-order valence-electron chi connectivity index (χ4n) is 2.41. The molecular weight excluding hydrogens is 188 g/mol. The van der Waals surface area contributed by atoms with Crippen molar-refractivity contribution < 1.29 is 4.79 Å². The Bertz CT molecular complexity index is 234. The molecule has 1 saturated heterocycles. The van der Waals surface area contributed by atoms with Gasteiger partial charge in [-0.05, 0) is 25.3 Å². The van der Waals surface area contributed by atoms with Gasteiger partial charge in [-0.15, -0.1) is 0 Å². The van der Waals surface area contributed by atoms with Crippen molar-refractivity contribution >= 4 is 5.91 Å². The molecule has 2 aliphatic rings. The molecule has 0 N–H and O–H groups in total. The molecule has 2 unspecified atom stereocenters. The second-order valence-electron chi connectivity index (χ2n) is 4.99. The number of hydrogen-bond acceptors (Lipinski definition) is 2. The normalized spacial score (nSPS) is 31.7. The minimum atomic E-state index is 0.364. The van der Waals surface area contributed by atoms with E-state index in [0.29, 0.717) is 17.7 Å². The molecule has 2 rings (SSSR count). The van der Waals surface area contributed by atoms with Gasteiger partial charge < -0.3 is 4.90 Å². The van der Waals surface area contributed by atoms with Crippen LogP contribution in [-0.2, 0) is 4.79 Å². The smallest absolute Gasteiger partial charge is 0.226 e. The van der Waals surface area contributed by atoms with Crippen LogP contribution in [-0.4, -0.2) is 48.4 Å². The Kier molecular flexibility index (Phi) is 3.29. The molecule has 3 heteroatoms. The van der Waals surface area contributed by atoms with Crippen LogP contribution in [0, 0.1) is 11.8 Å². The Morgan fingerprint density at radius 1 is 1.27 bits per heavy atom. The lowest BCUT2D eigenvalue weighted by Gasteiger charge is -2.34. The highest BCUT2D eigenvalue weighted by Crippen LogP contribution is 2.39. The van der Waals surface area contributed by atoms with Crippen LogP contribution in [0.25, 0.3) is 0 Å². The molecule has 1 saturated carbocycles. The summed E-state index contributed by atoms with van der Waals surface area (Å²) in [5.74, 6) is 1.42. The zero-order valence-electron chi connectivity index (χ0n) is 9.91. The molecule has 2 atom stereocenters. The fourth-order valence-corrected chi connectivity index (χ4v) is 2.41. The van der Waals surface area contributed by atoms with Crippen LogP contribution in [0.2, 0.25) is 0 Å². The fraction of sp³-hybridized carbons (Fsp3) is 0.917. The predicted molar refractivity (Wildman–Crippen MR) is 60.6 cm³/mol. The third kappa shape index (κ3) is 2.51. The van der Waals surface area contributed by atoms with Crippen LogP contribution in [0.3, 0.4) is 0 Å². The van der Waals surface area contributed by atoms with E-state index in [1.807, 2.05) is 0 Å². The summed E-state index contributed by atoms with van der Waals surface area (Å²) in [5.41, 5.74) is 0. The molecule has 0 spiro atoms. The van der Waals surface area contributed by atoms with Crippen LogP contribution in [0.1, 0.15) is 26.7 Å². The van der Waals surface area contributed by atoms with Gasteiger partial charge >= 0.3 is 0 Å². The topological polar surface area (TPSA) is 23.6 Å². The van der Waals surface area contributed by atoms with E-state index in [4.69, 9.17) is 0 Å². The molecule has 0 aromatic heterocycles. The molecule has 86 valence electrons. The first-order chi connectivity index (χ1) is 7.22. The largest absolute Gasteiger partial charge is 0.340 e. The van der Waals surface area contributed by atoms with Gasteiger partial charge in [0.25, 0.3) is 0 Å². The minimum absolute atomic E-state index is 0.364. The van der Waals surface area contributed by atoms with E-state index in [-0.39, 0.29) is 0 Å². The van der Waals surface area contributed by atoms with Crippen molar-refractivity contribution in [3.05, 3.63) is 0 Å². The molecule has 0 aromatic carbocycles. The Morgan fingerprint density at radius 2 is 1.87 bits per heavy atom. The lowest BCUT2D eigenvalue weighted by atomic mass is 10.2. The van der Waals surface area contributed by atoms with Gasteiger partial charge in [0.15, 0.2) is 0 Å². The minimum Gasteiger partial charge on any atom is -0.340 e. The number of carbonyl (C=O) groups excluding carboxylic acids is 1. The van der Waals surface area contributed by atoms with Crippen LogP contribution in [0.4, 0.5) is 0 Å². The van der Waals surface area contributed by atoms with Gasteiger partial charge in [-0.1, -0.05) is 13.8 Å². The van der Waals surface area contributed by atoms with Gasteiger partial charge in [0, 0.05) is 32.1 Å². The average Bonchev–Trinajstić information content (AvgIpc) is 2.96. The highest BCUT2D eigenvalue weighted by molar-refractivity contribution is 5.81. The second kappa shape index (κ2) is 4.52. The van der Waals surface area contributed by atoms with Gasteiger partial charge in [0.2, 0.25) is 5.91 Å². The first-order valence-electron chi connectivity index (χ1n) is 6.23. The predicted octanol–water partition coefficient (Wildman–Crippen LogP) is 1.20. The molecule has 15 heavy (non-hydrogen) atoms. The van der Waals surface area contributed by atoms with Gasteiger partial charge in [-0.25, -0.2) is 0 Å². The lowest BCUT2D eigenvalue weighted by molar-refractivity contribution is -0.134. The number of carbonyl (C=O) groups is 1. The van der Waals surface area contributed by atoms with E-state index in [1.165, 1.54) is 13.0 Å². The average molecular weight is 210 g/mol. The van der Waals surface area contributed by atoms with Crippen molar-refractivity contribution in [2.24, 2.45) is 11.8 Å². The molecule has 0 bridgehead atoms. The summed E-state index contributed by atoms with van der Waals surface area (Å²) in [7, 11) is 0. The van der Waals surface area contributed by atoms with Crippen molar-refractivity contribution in [3.8, 4) is 0 Å². The molecule has 1 heterocycles. The zero-order chi connectivity index (χ0) is 10.8. The summed E-state index contributed by atoms with van der Waals surface area (Å²) in [6, 6.07) is 0. The van der Waals surface area contributed by atoms with E-state index in [9.17, 15) is 4.79 Å². The van der Waals surface area contributed by atoms with Crippen LogP contribution in [0.5, 0.6) is 0 Å². The number of hydrogen-bond donors (Lipinski definition) is 0. The molecule has 1 aliphatic carbocycles. The Hall–Kier alpha value is -0.570. The maximum absolute atomic E-state index is 11.9. The molecule has 2 fully saturated rings. The summed E-state index contributed by atoms with van der Waals surface area (Å²) in [6.07, 6.45) is 2.33. The maximum Gasteiger partial charge on any atom is 0.226 e. The summed E-state index contributed by atoms with van der Waals surface area (Å²) in [4.78, 5) is 16.5. The Balaban J connectivity index is 1.75. The van der Waals surface area contributed by atoms with Gasteiger partial charge in [-0.2, -0.15) is 0 Å². The molecule has 3 nitrogen and oxygen atoms in total. The summed E-state index contributed by atoms with van der Waals surface area (Å²) < 4.78 is 0. The summed E-state index contributed by atoms with van der Waals surface area (Å²) >= 11 is 0. The third-order valence-electron chi connectivity index (χ3n) is 3.65. The van der Waals surface area contributed by atoms with Crippen molar-refractivity contribution in [3.63, 3.8) is 0 Å². The molecule has 0 aromatic rings. The standard InChI is InChI=1S/C12H22N2O/c1-3-4-13-5-7-14(8-6-13)12(15)11-9-10(11)2/h10-11H,3-9H2,1-2H3. The van der Waals surface area contributed by atoms with E-state index < -0.39 is 0 Å². The van der Waals surface area contributed by atoms with Crippen molar-refractivity contribution in [2.45, 2.75) is 26.7 Å². The molecule has 1 aliphatic heterocycles. The zero-order valence-corrected chi connectivity index (χ0v) is 9.91. The number of piperazine rings is 1. The van der Waals surface area contributed by atoms with E-state index in [1.54, 1.807) is 0 Å². The molecular formula is C12H22N2O. The highest BCUT2D eigenvalue weighted by Gasteiger charge is 2.41. The Morgan fingerprint density at radius 3 is 2.33 bits per heavy atom. The van der Waals surface area contributed by atoms with E-state index in [2.05, 4.69) is 23.6 Å². The third-order valence-corrected chi connectivity index (χ3v) is 3.65. The first kappa shape index (κ1) is 10.9. The second-order valence-corrected chi connectivity index (χ2v) is 4.99. The van der Waals surface area contributed by atoms with Gasteiger partial charge in [-0.3, -0.25) is 9.69 Å². The highest BCUT2D eigenvalue weighted by atomic mass is 16.2. The van der Waals surface area contributed by atoms with E-state index in [0.717, 1.165) is 32.6 Å². The lowest BCUT2D eigenvalue weighted by Crippen LogP contribution is -2.49. The van der Waals surface area contributed by atoms with Crippen LogP contribution >= 0.6 is 0 Å². The van der Waals surface area contributed by atoms with Crippen molar-refractivity contribution in [2.75, 3.05) is 32.7 Å². The molecule has 1 amide bonds. The van der Waals surface area contributed by atoms with Gasteiger partial charge in [0.1, 0.15) is 0 Å². The monoisotopic (exact) mass is 210 g/mol. The van der Waals surface area contributed by atoms with E-state index >= 15 is 0 Å². The number of amides is 1. The summed E-state index contributed by atoms with van der Waals surface area (Å²) in [5, 5.41) is 0. The maximum atomic E-state index is 11.9. The quantitative estimate of drug-likeness (QED) is 0.699.